The Kier molecular flexibility index (Phi) is 8.34. The van der Waals surface area contributed by atoms with Gasteiger partial charge in [0.15, 0.2) is 0 Å². The summed E-state index contributed by atoms with van der Waals surface area (Å²) in [6, 6.07) is 10.2. The zero-order valence-corrected chi connectivity index (χ0v) is 12.4. The monoisotopic (exact) mass is 282 g/mol. The first-order valence-electron chi connectivity index (χ1n) is 6.63. The summed E-state index contributed by atoms with van der Waals surface area (Å²) in [5.74, 6) is 0.794. The molecule has 0 saturated carbocycles. The third-order valence-electron chi connectivity index (χ3n) is 2.33. The van der Waals surface area contributed by atoms with Crippen molar-refractivity contribution >= 4 is 17.7 Å². The third kappa shape index (κ3) is 8.67. The van der Waals surface area contributed by atoms with Gasteiger partial charge in [-0.05, 0) is 38.2 Å². The largest absolute Gasteiger partial charge is 0.463 e. The summed E-state index contributed by atoms with van der Waals surface area (Å²) in [6.45, 7) is 4.75. The highest BCUT2D eigenvalue weighted by Gasteiger charge is 2.03. The zero-order chi connectivity index (χ0) is 13.9. The molecular weight excluding hydrogens is 260 g/mol. The number of ether oxygens (including phenoxy) is 2. The van der Waals surface area contributed by atoms with Gasteiger partial charge in [-0.2, -0.15) is 0 Å². The van der Waals surface area contributed by atoms with Gasteiger partial charge in [0.05, 0.1) is 12.7 Å². The normalized spacial score (nSPS) is 10.7. The molecule has 0 aliphatic rings. The molecule has 0 fully saturated rings. The number of carbonyl (C=O) groups excluding carboxylic acids is 1. The maximum absolute atomic E-state index is 11.4. The fraction of sp³-hybridized carbons (Fsp3) is 0.533. The van der Waals surface area contributed by atoms with Crippen molar-refractivity contribution in [1.29, 1.82) is 0 Å². The molecule has 1 aromatic carbocycles. The first-order chi connectivity index (χ1) is 9.18. The van der Waals surface area contributed by atoms with Crippen molar-refractivity contribution in [2.45, 2.75) is 37.7 Å². The Hall–Kier alpha value is -1.00. The highest BCUT2D eigenvalue weighted by Crippen LogP contribution is 2.18. The average Bonchev–Trinajstić information content (AvgIpc) is 2.41. The summed E-state index contributed by atoms with van der Waals surface area (Å²) in [5, 5.41) is 0. The van der Waals surface area contributed by atoms with Crippen LogP contribution in [0.15, 0.2) is 35.2 Å². The summed E-state index contributed by atoms with van der Waals surface area (Å²) in [7, 11) is 0. The molecule has 0 radical (unpaired) electrons. The van der Waals surface area contributed by atoms with Gasteiger partial charge in [-0.25, -0.2) is 0 Å². The molecule has 0 spiro atoms. The second kappa shape index (κ2) is 9.87. The molecule has 0 N–H and O–H groups in total. The number of hydrogen-bond acceptors (Lipinski definition) is 4. The minimum atomic E-state index is -0.138. The molecule has 1 rings (SSSR count). The van der Waals surface area contributed by atoms with Crippen LogP contribution >= 0.6 is 11.8 Å². The fourth-order valence-corrected chi connectivity index (χ4v) is 2.31. The van der Waals surface area contributed by atoms with Gasteiger partial charge in [-0.1, -0.05) is 18.2 Å². The lowest BCUT2D eigenvalue weighted by Crippen LogP contribution is -2.13. The molecule has 3 nitrogen and oxygen atoms in total. The zero-order valence-electron chi connectivity index (χ0n) is 11.6. The molecule has 0 amide bonds. The molecule has 0 aliphatic heterocycles. The van der Waals surface area contributed by atoms with Crippen molar-refractivity contribution in [1.82, 2.24) is 0 Å². The van der Waals surface area contributed by atoms with Crippen LogP contribution in [0.4, 0.5) is 0 Å². The molecule has 4 heteroatoms. The van der Waals surface area contributed by atoms with Crippen LogP contribution in [0.3, 0.4) is 0 Å². The summed E-state index contributed by atoms with van der Waals surface area (Å²) in [4.78, 5) is 12.6. The lowest BCUT2D eigenvalue weighted by molar-refractivity contribution is -0.145. The maximum atomic E-state index is 11.4. The smallest absolute Gasteiger partial charge is 0.305 e. The number of carbonyl (C=O) groups is 1. The number of rotatable bonds is 9. The van der Waals surface area contributed by atoms with Gasteiger partial charge >= 0.3 is 5.97 Å². The Morgan fingerprint density at radius 3 is 2.63 bits per heavy atom. The van der Waals surface area contributed by atoms with Gasteiger partial charge in [0.25, 0.3) is 0 Å². The van der Waals surface area contributed by atoms with E-state index in [1.807, 2.05) is 32.0 Å². The van der Waals surface area contributed by atoms with Crippen LogP contribution in [0.2, 0.25) is 0 Å². The van der Waals surface area contributed by atoms with E-state index in [4.69, 9.17) is 9.47 Å². The van der Waals surface area contributed by atoms with E-state index in [1.54, 1.807) is 11.8 Å². The van der Waals surface area contributed by atoms with Crippen LogP contribution in [-0.2, 0) is 14.3 Å². The first-order valence-corrected chi connectivity index (χ1v) is 7.62. The summed E-state index contributed by atoms with van der Waals surface area (Å²) in [6.07, 6.45) is 1.49. The molecule has 0 aliphatic carbocycles. The lowest BCUT2D eigenvalue weighted by atomic mass is 10.3. The molecule has 0 aromatic heterocycles. The second-order valence-corrected chi connectivity index (χ2v) is 5.57. The Morgan fingerprint density at radius 1 is 1.21 bits per heavy atom. The van der Waals surface area contributed by atoms with Gasteiger partial charge < -0.3 is 9.47 Å². The van der Waals surface area contributed by atoms with Crippen LogP contribution in [0.5, 0.6) is 0 Å². The van der Waals surface area contributed by atoms with E-state index in [0.29, 0.717) is 19.6 Å². The molecule has 1 aromatic rings. The standard InChI is InChI=1S/C15H22O3S/c1-13(2)17-10-11-18-15(16)9-6-12-19-14-7-4-3-5-8-14/h3-5,7-8,13H,6,9-12H2,1-2H3. The minimum absolute atomic E-state index is 0.138. The highest BCUT2D eigenvalue weighted by atomic mass is 32.2. The summed E-state index contributed by atoms with van der Waals surface area (Å²) >= 11 is 1.76. The number of benzene rings is 1. The summed E-state index contributed by atoms with van der Waals surface area (Å²) < 4.78 is 10.4. The lowest BCUT2D eigenvalue weighted by Gasteiger charge is -2.08. The van der Waals surface area contributed by atoms with Crippen molar-refractivity contribution in [3.05, 3.63) is 30.3 Å². The minimum Gasteiger partial charge on any atom is -0.463 e. The Labute approximate surface area is 119 Å². The van der Waals surface area contributed by atoms with Gasteiger partial charge in [-0.15, -0.1) is 11.8 Å². The van der Waals surface area contributed by atoms with Crippen molar-refractivity contribution in [2.24, 2.45) is 0 Å². The van der Waals surface area contributed by atoms with E-state index < -0.39 is 0 Å². The molecule has 0 saturated heterocycles. The molecule has 106 valence electrons. The van der Waals surface area contributed by atoms with Gasteiger partial charge in [0.2, 0.25) is 0 Å². The van der Waals surface area contributed by atoms with Crippen LogP contribution in [-0.4, -0.2) is 31.0 Å². The summed E-state index contributed by atoms with van der Waals surface area (Å²) in [5.41, 5.74) is 0. The average molecular weight is 282 g/mol. The quantitative estimate of drug-likeness (QED) is 0.394. The van der Waals surface area contributed by atoms with Crippen LogP contribution in [0, 0.1) is 0 Å². The molecule has 0 unspecified atom stereocenters. The molecule has 0 heterocycles. The van der Waals surface area contributed by atoms with Crippen LogP contribution in [0.1, 0.15) is 26.7 Å². The van der Waals surface area contributed by atoms with Crippen molar-refractivity contribution in [3.8, 4) is 0 Å². The molecule has 0 bridgehead atoms. The Bertz CT molecular complexity index is 352. The second-order valence-electron chi connectivity index (χ2n) is 4.41. The van der Waals surface area contributed by atoms with Gasteiger partial charge in [0.1, 0.15) is 6.61 Å². The van der Waals surface area contributed by atoms with E-state index in [2.05, 4.69) is 12.1 Å². The van der Waals surface area contributed by atoms with Crippen molar-refractivity contribution < 1.29 is 14.3 Å². The number of thioether (sulfide) groups is 1. The highest BCUT2D eigenvalue weighted by molar-refractivity contribution is 7.99. The van der Waals surface area contributed by atoms with Crippen molar-refractivity contribution in [3.63, 3.8) is 0 Å². The van der Waals surface area contributed by atoms with E-state index >= 15 is 0 Å². The number of hydrogen-bond donors (Lipinski definition) is 0. The van der Waals surface area contributed by atoms with Crippen LogP contribution in [0.25, 0.3) is 0 Å². The Morgan fingerprint density at radius 2 is 1.95 bits per heavy atom. The maximum Gasteiger partial charge on any atom is 0.305 e. The third-order valence-corrected chi connectivity index (χ3v) is 3.43. The predicted octanol–water partition coefficient (Wildman–Crippen LogP) is 3.53. The van der Waals surface area contributed by atoms with Crippen molar-refractivity contribution in [2.75, 3.05) is 19.0 Å². The molecule has 0 atom stereocenters. The van der Waals surface area contributed by atoms with Gasteiger partial charge in [0, 0.05) is 11.3 Å². The van der Waals surface area contributed by atoms with E-state index in [-0.39, 0.29) is 12.1 Å². The van der Waals surface area contributed by atoms with E-state index in [1.165, 1.54) is 4.90 Å². The topological polar surface area (TPSA) is 35.5 Å². The van der Waals surface area contributed by atoms with Crippen LogP contribution < -0.4 is 0 Å². The SMILES string of the molecule is CC(C)OCCOC(=O)CCCSc1ccccc1. The van der Waals surface area contributed by atoms with E-state index in [0.717, 1.165) is 12.2 Å². The molecule has 19 heavy (non-hydrogen) atoms. The fourth-order valence-electron chi connectivity index (χ4n) is 1.43. The molecular formula is C15H22O3S. The first kappa shape index (κ1) is 16.1. The predicted molar refractivity (Wildman–Crippen MR) is 78.4 cm³/mol. The number of esters is 1. The van der Waals surface area contributed by atoms with Gasteiger partial charge in [-0.3, -0.25) is 4.79 Å². The van der Waals surface area contributed by atoms with E-state index in [9.17, 15) is 4.79 Å². The Balaban J connectivity index is 1.98.